The Morgan fingerprint density at radius 1 is 1.04 bits per heavy atom. The van der Waals surface area contributed by atoms with E-state index in [1.807, 2.05) is 6.07 Å². The van der Waals surface area contributed by atoms with Gasteiger partial charge < -0.3 is 4.74 Å². The largest absolute Gasteiger partial charge is 0.469 e. The fraction of sp³-hybridized carbons (Fsp3) is 0.650. The maximum absolute atomic E-state index is 13.1. The summed E-state index contributed by atoms with van der Waals surface area (Å²) in [6, 6.07) is 10.6. The molecule has 0 aromatic heterocycles. The Labute approximate surface area is 142 Å². The summed E-state index contributed by atoms with van der Waals surface area (Å²) in [7, 11) is -0.388. The third kappa shape index (κ3) is 2.48. The Kier molecular flexibility index (Phi) is 5.10. The molecule has 128 valence electrons. The van der Waals surface area contributed by atoms with Gasteiger partial charge in [-0.3, -0.25) is 4.79 Å². The number of esters is 1. The van der Waals surface area contributed by atoms with Gasteiger partial charge >= 0.3 is 5.97 Å². The average Bonchev–Trinajstić information content (AvgIpc) is 3.23. The van der Waals surface area contributed by atoms with Crippen molar-refractivity contribution in [3.63, 3.8) is 0 Å². The van der Waals surface area contributed by atoms with E-state index in [1.165, 1.54) is 5.56 Å². The van der Waals surface area contributed by atoms with Crippen molar-refractivity contribution in [3.05, 3.63) is 35.9 Å². The third-order valence-corrected chi connectivity index (χ3v) is 14.4. The van der Waals surface area contributed by atoms with Crippen molar-refractivity contribution >= 4 is 14.0 Å². The Balaban J connectivity index is 2.62. The van der Waals surface area contributed by atoms with Crippen LogP contribution in [0, 0.1) is 0 Å². The Morgan fingerprint density at radius 3 is 1.91 bits per heavy atom. The molecule has 0 saturated heterocycles. The van der Waals surface area contributed by atoms with Crippen LogP contribution in [0.5, 0.6) is 0 Å². The highest BCUT2D eigenvalue weighted by Gasteiger charge is 2.75. The van der Waals surface area contributed by atoms with Gasteiger partial charge in [-0.25, -0.2) is 0 Å². The number of carbonyl (C=O) groups is 1. The summed E-state index contributed by atoms with van der Waals surface area (Å²) in [5.41, 5.74) is 2.96. The molecule has 1 aromatic carbocycles. The lowest BCUT2D eigenvalue weighted by atomic mass is 10.1. The number of carbonyl (C=O) groups excluding carboxylic acids is 1. The summed E-state index contributed by atoms with van der Waals surface area (Å²) in [6.07, 6.45) is 0.963. The van der Waals surface area contributed by atoms with Crippen LogP contribution in [0.1, 0.15) is 59.4 Å². The molecular weight excluding hydrogens is 300 g/mol. The maximum atomic E-state index is 13.1. The Hall–Kier alpha value is -1.09. The first-order chi connectivity index (χ1) is 10.8. The van der Waals surface area contributed by atoms with Crippen molar-refractivity contribution < 1.29 is 9.53 Å². The molecule has 1 aliphatic carbocycles. The Morgan fingerprint density at radius 2 is 1.52 bits per heavy atom. The quantitative estimate of drug-likeness (QED) is 0.488. The van der Waals surface area contributed by atoms with Crippen LogP contribution in [-0.2, 0) is 9.53 Å². The molecule has 1 fully saturated rings. The Bertz CT molecular complexity index is 528. The molecule has 0 radical (unpaired) electrons. The van der Waals surface area contributed by atoms with Crippen LogP contribution in [-0.4, -0.2) is 21.2 Å². The molecule has 0 heterocycles. The second kappa shape index (κ2) is 6.43. The smallest absolute Gasteiger partial charge is 0.309 e. The van der Waals surface area contributed by atoms with Gasteiger partial charge in [0.1, 0.15) is 0 Å². The average molecular weight is 333 g/mol. The van der Waals surface area contributed by atoms with E-state index in [-0.39, 0.29) is 11.0 Å². The molecule has 0 bridgehead atoms. The first-order valence-corrected chi connectivity index (χ1v) is 11.1. The molecule has 1 saturated carbocycles. The van der Waals surface area contributed by atoms with E-state index in [0.29, 0.717) is 22.5 Å². The van der Waals surface area contributed by atoms with Crippen LogP contribution in [0.15, 0.2) is 30.3 Å². The molecule has 0 spiro atoms. The normalized spacial score (nSPS) is 24.3. The SMILES string of the molecule is COC(=O)[C@]1([Si](C(C)C)(C(C)C)C(C)C)C[C@@H]1c1ccccc1. The monoisotopic (exact) mass is 332 g/mol. The molecule has 23 heavy (non-hydrogen) atoms. The molecule has 0 N–H and O–H groups in total. The van der Waals surface area contributed by atoms with E-state index in [9.17, 15) is 4.79 Å². The number of rotatable bonds is 6. The van der Waals surface area contributed by atoms with Crippen molar-refractivity contribution in [2.24, 2.45) is 0 Å². The fourth-order valence-corrected chi connectivity index (χ4v) is 14.8. The second-order valence-corrected chi connectivity index (χ2v) is 14.2. The first kappa shape index (κ1) is 18.2. The van der Waals surface area contributed by atoms with Gasteiger partial charge in [0.2, 0.25) is 0 Å². The topological polar surface area (TPSA) is 26.3 Å². The van der Waals surface area contributed by atoms with Gasteiger partial charge in [-0.1, -0.05) is 71.9 Å². The predicted octanol–water partition coefficient (Wildman–Crippen LogP) is 5.77. The second-order valence-electron chi connectivity index (χ2n) is 8.03. The van der Waals surface area contributed by atoms with Gasteiger partial charge in [-0.2, -0.15) is 0 Å². The van der Waals surface area contributed by atoms with Gasteiger partial charge in [0.15, 0.2) is 0 Å². The highest BCUT2D eigenvalue weighted by atomic mass is 28.3. The number of ether oxygens (including phenoxy) is 1. The fourth-order valence-electron chi connectivity index (χ4n) is 5.96. The third-order valence-electron chi connectivity index (χ3n) is 6.35. The molecule has 3 heteroatoms. The molecule has 0 unspecified atom stereocenters. The van der Waals surface area contributed by atoms with Crippen molar-refractivity contribution in [3.8, 4) is 0 Å². The molecule has 2 rings (SSSR count). The van der Waals surface area contributed by atoms with Crippen molar-refractivity contribution in [2.45, 2.75) is 75.5 Å². The lowest BCUT2D eigenvalue weighted by molar-refractivity contribution is -0.141. The molecule has 1 aromatic rings. The van der Waals surface area contributed by atoms with E-state index in [2.05, 4.69) is 65.8 Å². The van der Waals surface area contributed by atoms with Crippen molar-refractivity contribution in [2.75, 3.05) is 7.11 Å². The minimum Gasteiger partial charge on any atom is -0.469 e. The van der Waals surface area contributed by atoms with E-state index in [1.54, 1.807) is 7.11 Å². The zero-order valence-corrected chi connectivity index (χ0v) is 16.7. The van der Waals surface area contributed by atoms with Gasteiger partial charge in [0, 0.05) is 0 Å². The summed E-state index contributed by atoms with van der Waals surface area (Å²) in [5.74, 6) is 0.365. The van der Waals surface area contributed by atoms with Crippen LogP contribution in [0.25, 0.3) is 0 Å². The van der Waals surface area contributed by atoms with E-state index in [0.717, 1.165) is 6.42 Å². The number of benzene rings is 1. The molecule has 0 amide bonds. The highest BCUT2D eigenvalue weighted by Crippen LogP contribution is 2.77. The zero-order valence-electron chi connectivity index (χ0n) is 15.7. The van der Waals surface area contributed by atoms with Gasteiger partial charge in [0.25, 0.3) is 0 Å². The zero-order chi connectivity index (χ0) is 17.4. The van der Waals surface area contributed by atoms with Gasteiger partial charge in [0.05, 0.1) is 20.2 Å². The van der Waals surface area contributed by atoms with E-state index < -0.39 is 8.07 Å². The summed E-state index contributed by atoms with van der Waals surface area (Å²) in [6.45, 7) is 14.0. The van der Waals surface area contributed by atoms with E-state index >= 15 is 0 Å². The molecule has 1 aliphatic rings. The lowest BCUT2D eigenvalue weighted by Crippen LogP contribution is -2.53. The minimum absolute atomic E-state index is 0.0362. The summed E-state index contributed by atoms with van der Waals surface area (Å²) in [5, 5.41) is -0.264. The van der Waals surface area contributed by atoms with Gasteiger partial charge in [-0.15, -0.1) is 0 Å². The van der Waals surface area contributed by atoms with Crippen LogP contribution in [0.2, 0.25) is 21.7 Å². The molecule has 2 atom stereocenters. The first-order valence-electron chi connectivity index (χ1n) is 8.90. The van der Waals surface area contributed by atoms with Crippen LogP contribution >= 0.6 is 0 Å². The highest BCUT2D eigenvalue weighted by molar-refractivity contribution is 6.90. The van der Waals surface area contributed by atoms with Crippen LogP contribution in [0.4, 0.5) is 0 Å². The number of methoxy groups -OCH3 is 1. The standard InChI is InChI=1S/C20H32O2Si/c1-14(2)23(15(3)4,16(5)6)20(19(21)22-7)13-18(20)17-11-9-8-10-12-17/h8-12,14-16,18H,13H2,1-7H3/t18-,20+/m1/s1. The van der Waals surface area contributed by atoms with Crippen LogP contribution < -0.4 is 0 Å². The molecular formula is C20H32O2Si. The summed E-state index contributed by atoms with van der Waals surface area (Å²) >= 11 is 0. The molecule has 2 nitrogen and oxygen atoms in total. The maximum Gasteiger partial charge on any atom is 0.309 e. The van der Waals surface area contributed by atoms with Crippen molar-refractivity contribution in [1.82, 2.24) is 0 Å². The lowest BCUT2D eigenvalue weighted by Gasteiger charge is -2.49. The van der Waals surface area contributed by atoms with Gasteiger partial charge in [-0.05, 0) is 34.5 Å². The van der Waals surface area contributed by atoms with Crippen molar-refractivity contribution in [1.29, 1.82) is 0 Å². The van der Waals surface area contributed by atoms with E-state index in [4.69, 9.17) is 4.74 Å². The summed E-state index contributed by atoms with van der Waals surface area (Å²) in [4.78, 5) is 13.1. The minimum atomic E-state index is -1.95. The molecule has 0 aliphatic heterocycles. The number of hydrogen-bond donors (Lipinski definition) is 0. The summed E-state index contributed by atoms with van der Waals surface area (Å²) < 4.78 is 5.38. The predicted molar refractivity (Wildman–Crippen MR) is 99.6 cm³/mol. The number of hydrogen-bond acceptors (Lipinski definition) is 2. The van der Waals surface area contributed by atoms with Crippen LogP contribution in [0.3, 0.4) is 0 Å².